The van der Waals surface area contributed by atoms with Crippen LogP contribution in [0.1, 0.15) is 45.4 Å². The molecule has 0 aliphatic heterocycles. The summed E-state index contributed by atoms with van der Waals surface area (Å²) in [4.78, 5) is 30.1. The number of halogens is 3. The maximum absolute atomic E-state index is 11.5. The number of alkyl halides is 3. The maximum atomic E-state index is 11.5. The van der Waals surface area contributed by atoms with Gasteiger partial charge in [-0.15, -0.1) is 6.58 Å². The predicted molar refractivity (Wildman–Crippen MR) is 210 cm³/mol. The van der Waals surface area contributed by atoms with Gasteiger partial charge in [0.05, 0.1) is 41.3 Å². The number of fused-ring (bicyclic) bond motifs is 4. The Morgan fingerprint density at radius 3 is 1.28 bits per heavy atom. The molecule has 54 heavy (non-hydrogen) atoms. The van der Waals surface area contributed by atoms with E-state index in [1.807, 2.05) is 6.08 Å². The normalized spacial score (nSPS) is 17.9. The molecule has 4 unspecified atom stereocenters. The highest BCUT2D eigenvalue weighted by molar-refractivity contribution is 5.89. The van der Waals surface area contributed by atoms with Gasteiger partial charge in [-0.3, -0.25) is 0 Å². The Morgan fingerprint density at radius 2 is 1.19 bits per heavy atom. The molecule has 312 valence electrons. The van der Waals surface area contributed by atoms with Crippen molar-refractivity contribution in [2.75, 3.05) is 70.6 Å². The van der Waals surface area contributed by atoms with Crippen LogP contribution in [-0.4, -0.2) is 94.7 Å². The van der Waals surface area contributed by atoms with Crippen LogP contribution >= 0.6 is 0 Å². The smallest absolute Gasteiger partial charge is 0.422 e. The first-order chi connectivity index (χ1) is 25.4. The van der Waals surface area contributed by atoms with Gasteiger partial charge < -0.3 is 33.2 Å². The zero-order valence-electron chi connectivity index (χ0n) is 34.3. The second-order valence-electron chi connectivity index (χ2n) is 11.3. The Bertz CT molecular complexity index is 1110. The summed E-state index contributed by atoms with van der Waals surface area (Å²) in [7, 11) is 13.2. The molecule has 4 aliphatic rings. The third-order valence-corrected chi connectivity index (χ3v) is 6.90. The van der Waals surface area contributed by atoms with E-state index in [2.05, 4.69) is 90.9 Å². The van der Waals surface area contributed by atoms with E-state index >= 15 is 0 Å². The quantitative estimate of drug-likeness (QED) is 0.0816. The molecular formula is C41H67F3O10. The number of esters is 3. The van der Waals surface area contributed by atoms with Crippen molar-refractivity contribution < 1.29 is 60.7 Å². The molecule has 10 nitrogen and oxygen atoms in total. The fraction of sp³-hybridized carbons (Fsp3) is 0.537. The van der Waals surface area contributed by atoms with E-state index in [1.54, 1.807) is 55.7 Å². The lowest BCUT2D eigenvalue weighted by Gasteiger charge is -2.06. The number of rotatable bonds is 7. The van der Waals surface area contributed by atoms with Crippen molar-refractivity contribution >= 4 is 17.9 Å². The van der Waals surface area contributed by atoms with Crippen LogP contribution in [0.2, 0.25) is 0 Å². The van der Waals surface area contributed by atoms with Crippen molar-refractivity contribution in [2.45, 2.75) is 51.6 Å². The molecule has 4 rings (SSSR count). The first kappa shape index (κ1) is 59.1. The molecular weight excluding hydrogens is 709 g/mol. The average molecular weight is 777 g/mol. The van der Waals surface area contributed by atoms with E-state index in [4.69, 9.17) is 0 Å². The highest BCUT2D eigenvalue weighted by atomic mass is 19.4. The summed E-state index contributed by atoms with van der Waals surface area (Å²) in [6.07, 6.45) is 17.4. The van der Waals surface area contributed by atoms with Gasteiger partial charge in [0.1, 0.15) is 5.57 Å². The SMILES string of the molecule is C1=CC2CCC1C2.C=C(C(=O)OC)C(F)(F)F.C=C(C)C(=O)OC.C=CC(=O)OC.C=CC1=CC2CCC1C2.C=CCOC.C=COC.COC.COC. The summed E-state index contributed by atoms with van der Waals surface area (Å²) in [6, 6.07) is 0. The Balaban J connectivity index is -0.000000171. The van der Waals surface area contributed by atoms with Gasteiger partial charge in [0.25, 0.3) is 0 Å². The second-order valence-corrected chi connectivity index (χ2v) is 11.3. The van der Waals surface area contributed by atoms with Gasteiger partial charge in [-0.05, 0) is 74.7 Å². The van der Waals surface area contributed by atoms with Gasteiger partial charge in [0.15, 0.2) is 0 Å². The molecule has 2 fully saturated rings. The molecule has 0 spiro atoms. The molecule has 0 aromatic carbocycles. The molecule has 0 saturated heterocycles. The Morgan fingerprint density at radius 1 is 0.741 bits per heavy atom. The van der Waals surface area contributed by atoms with Gasteiger partial charge in [0.2, 0.25) is 0 Å². The van der Waals surface area contributed by atoms with Crippen LogP contribution < -0.4 is 0 Å². The highest BCUT2D eigenvalue weighted by Gasteiger charge is 2.37. The number of ether oxygens (including phenoxy) is 7. The lowest BCUT2D eigenvalue weighted by molar-refractivity contribution is -0.148. The minimum atomic E-state index is -4.69. The Hall–Kier alpha value is -4.20. The molecule has 0 aromatic rings. The summed E-state index contributed by atoms with van der Waals surface area (Å²) in [5.41, 5.74) is 0.462. The van der Waals surface area contributed by atoms with E-state index in [-0.39, 0.29) is 5.97 Å². The van der Waals surface area contributed by atoms with Gasteiger partial charge in [-0.2, -0.15) is 13.2 Å². The van der Waals surface area contributed by atoms with Crippen LogP contribution in [0.3, 0.4) is 0 Å². The number of carbonyl (C=O) groups excluding carboxylic acids is 3. The Labute approximate surface area is 323 Å². The topological polar surface area (TPSA) is 116 Å². The minimum Gasteiger partial charge on any atom is -0.505 e. The molecule has 0 aromatic heterocycles. The van der Waals surface area contributed by atoms with E-state index in [9.17, 15) is 27.6 Å². The van der Waals surface area contributed by atoms with Crippen LogP contribution in [0.4, 0.5) is 13.2 Å². The molecule has 0 heterocycles. The van der Waals surface area contributed by atoms with E-state index < -0.39 is 23.7 Å². The first-order valence-electron chi connectivity index (χ1n) is 16.7. The van der Waals surface area contributed by atoms with E-state index in [1.165, 1.54) is 64.6 Å². The standard InChI is InChI=1S/C9H12.C7H10.C5H5F3O2.C5H8O2.C4H6O2.C4H8O.C3H6O.2C2H6O/c1-2-8-5-7-3-4-9(8)6-7;1-2-7-4-3-6(1)5-7;1-3(4(9)10-2)5(6,7)8;1-4(2)5(6)7-3;1-3-4(5)6-2;1-3-4-5-2;1-3-4-2;2*1-3-2/h2,5,7,9H,1,3-4,6H2;1-2,6-7H,3-5H2;1H2,2H3;1H2,2-3H3;3H,1H2,2H3;3H,1,4H2,2H3;3H,1H2,2H3;2*1-2H3. The van der Waals surface area contributed by atoms with Crippen LogP contribution in [0.15, 0.2) is 98.9 Å². The molecule has 4 bridgehead atoms. The van der Waals surface area contributed by atoms with Crippen LogP contribution in [0.5, 0.6) is 0 Å². The fourth-order valence-corrected chi connectivity index (χ4v) is 4.44. The third kappa shape index (κ3) is 36.2. The zero-order valence-corrected chi connectivity index (χ0v) is 34.3. The van der Waals surface area contributed by atoms with Gasteiger partial charge in [-0.25, -0.2) is 14.4 Å². The van der Waals surface area contributed by atoms with E-state index in [0.29, 0.717) is 12.2 Å². The zero-order chi connectivity index (χ0) is 43.1. The molecule has 2 saturated carbocycles. The van der Waals surface area contributed by atoms with Crippen LogP contribution in [0.25, 0.3) is 0 Å². The number of hydrogen-bond acceptors (Lipinski definition) is 10. The number of allylic oxidation sites excluding steroid dienone is 5. The summed E-state index contributed by atoms with van der Waals surface area (Å²) >= 11 is 0. The van der Waals surface area contributed by atoms with Crippen molar-refractivity contribution in [1.29, 1.82) is 0 Å². The maximum Gasteiger partial charge on any atom is 0.422 e. The third-order valence-electron chi connectivity index (χ3n) is 6.90. The van der Waals surface area contributed by atoms with Crippen molar-refractivity contribution in [1.82, 2.24) is 0 Å². The van der Waals surface area contributed by atoms with Crippen molar-refractivity contribution in [2.24, 2.45) is 23.7 Å². The average Bonchev–Trinajstić information content (AvgIpc) is 4.00. The summed E-state index contributed by atoms with van der Waals surface area (Å²) in [5, 5.41) is 0. The fourth-order valence-electron chi connectivity index (χ4n) is 4.44. The summed E-state index contributed by atoms with van der Waals surface area (Å²) in [6.45, 7) is 21.7. The summed E-state index contributed by atoms with van der Waals surface area (Å²) in [5.74, 6) is 1.60. The van der Waals surface area contributed by atoms with Crippen LogP contribution in [-0.2, 0) is 47.5 Å². The van der Waals surface area contributed by atoms with E-state index in [0.717, 1.165) is 36.9 Å². The van der Waals surface area contributed by atoms with Crippen molar-refractivity contribution in [3.05, 3.63) is 98.9 Å². The molecule has 13 heteroatoms. The minimum absolute atomic E-state index is 0.347. The highest BCUT2D eigenvalue weighted by Crippen LogP contribution is 2.43. The lowest BCUT2D eigenvalue weighted by Crippen LogP contribution is -2.19. The Kier molecular flexibility index (Phi) is 43.8. The molecule has 0 amide bonds. The molecule has 0 N–H and O–H groups in total. The van der Waals surface area contributed by atoms with Gasteiger partial charge >= 0.3 is 24.1 Å². The molecule has 4 aliphatic carbocycles. The van der Waals surface area contributed by atoms with Crippen LogP contribution in [0, 0.1) is 23.7 Å². The second kappa shape index (κ2) is 40.0. The monoisotopic (exact) mass is 776 g/mol. The first-order valence-corrected chi connectivity index (χ1v) is 16.7. The lowest BCUT2D eigenvalue weighted by atomic mass is 9.99. The van der Waals surface area contributed by atoms with Gasteiger partial charge in [0, 0.05) is 47.2 Å². The number of methoxy groups -OCH3 is 7. The molecule has 0 radical (unpaired) electrons. The largest absolute Gasteiger partial charge is 0.505 e. The predicted octanol–water partition coefficient (Wildman–Crippen LogP) is 8.98. The number of carbonyl (C=O) groups is 3. The van der Waals surface area contributed by atoms with Crippen molar-refractivity contribution in [3.8, 4) is 0 Å². The molecule has 4 atom stereocenters. The van der Waals surface area contributed by atoms with Crippen molar-refractivity contribution in [3.63, 3.8) is 0 Å². The summed E-state index contributed by atoms with van der Waals surface area (Å²) < 4.78 is 64.0. The number of hydrogen-bond donors (Lipinski definition) is 0. The van der Waals surface area contributed by atoms with Gasteiger partial charge in [-0.1, -0.05) is 63.3 Å².